The summed E-state index contributed by atoms with van der Waals surface area (Å²) in [5.41, 5.74) is 0.707. The molecular formula is C16H19BrN2O2. The Morgan fingerprint density at radius 2 is 1.67 bits per heavy atom. The van der Waals surface area contributed by atoms with Gasteiger partial charge in [-0.3, -0.25) is 9.59 Å². The monoisotopic (exact) mass is 350 g/mol. The number of likely N-dealkylation sites (tertiary alicyclic amines) is 1. The van der Waals surface area contributed by atoms with Crippen molar-refractivity contribution in [3.8, 4) is 0 Å². The van der Waals surface area contributed by atoms with E-state index in [2.05, 4.69) is 21.2 Å². The summed E-state index contributed by atoms with van der Waals surface area (Å²) in [6, 6.07) is 7.84. The highest BCUT2D eigenvalue weighted by Gasteiger charge is 2.31. The van der Waals surface area contributed by atoms with Crippen LogP contribution in [-0.4, -0.2) is 35.8 Å². The number of benzene rings is 1. The van der Waals surface area contributed by atoms with Gasteiger partial charge in [0, 0.05) is 35.1 Å². The first-order valence-corrected chi connectivity index (χ1v) is 8.28. The van der Waals surface area contributed by atoms with Gasteiger partial charge in [0.15, 0.2) is 0 Å². The molecule has 2 aliphatic rings. The first kappa shape index (κ1) is 14.6. The SMILES string of the molecule is O=C(NC1CC1)C1CCN(C(=O)c2ccc(Br)cc2)CC1. The van der Waals surface area contributed by atoms with Gasteiger partial charge in [0.25, 0.3) is 5.91 Å². The molecule has 4 nitrogen and oxygen atoms in total. The average Bonchev–Trinajstić information content (AvgIpc) is 3.31. The maximum absolute atomic E-state index is 12.4. The summed E-state index contributed by atoms with van der Waals surface area (Å²) in [6.07, 6.45) is 3.76. The predicted molar refractivity (Wildman–Crippen MR) is 83.9 cm³/mol. The number of hydrogen-bond acceptors (Lipinski definition) is 2. The highest BCUT2D eigenvalue weighted by Crippen LogP contribution is 2.23. The van der Waals surface area contributed by atoms with Crippen molar-refractivity contribution in [2.45, 2.75) is 31.7 Å². The van der Waals surface area contributed by atoms with Crippen LogP contribution >= 0.6 is 15.9 Å². The Bertz CT molecular complexity index is 532. The number of carbonyl (C=O) groups excluding carboxylic acids is 2. The molecule has 0 spiro atoms. The largest absolute Gasteiger partial charge is 0.353 e. The molecule has 3 rings (SSSR count). The summed E-state index contributed by atoms with van der Waals surface area (Å²) < 4.78 is 0.967. The molecule has 5 heteroatoms. The predicted octanol–water partition coefficient (Wildman–Crippen LogP) is 2.58. The third-order valence-electron chi connectivity index (χ3n) is 4.17. The summed E-state index contributed by atoms with van der Waals surface area (Å²) >= 11 is 3.37. The van der Waals surface area contributed by atoms with E-state index in [9.17, 15) is 9.59 Å². The standard InChI is InChI=1S/C16H19BrN2O2/c17-13-3-1-12(2-4-13)16(21)19-9-7-11(8-10-19)15(20)18-14-5-6-14/h1-4,11,14H,5-10H2,(H,18,20). The maximum atomic E-state index is 12.4. The molecule has 112 valence electrons. The fraction of sp³-hybridized carbons (Fsp3) is 0.500. The first-order chi connectivity index (χ1) is 10.1. The van der Waals surface area contributed by atoms with Gasteiger partial charge in [-0.05, 0) is 49.9 Å². The van der Waals surface area contributed by atoms with Gasteiger partial charge >= 0.3 is 0 Å². The maximum Gasteiger partial charge on any atom is 0.253 e. The quantitative estimate of drug-likeness (QED) is 0.910. The zero-order valence-electron chi connectivity index (χ0n) is 11.8. The lowest BCUT2D eigenvalue weighted by Crippen LogP contribution is -2.43. The smallest absolute Gasteiger partial charge is 0.253 e. The second-order valence-electron chi connectivity index (χ2n) is 5.86. The second-order valence-corrected chi connectivity index (χ2v) is 6.77. The number of nitrogens with one attached hydrogen (secondary N) is 1. The summed E-state index contributed by atoms with van der Waals surface area (Å²) in [5, 5.41) is 3.06. The van der Waals surface area contributed by atoms with E-state index in [1.54, 1.807) is 0 Å². The molecule has 1 aliphatic heterocycles. The fourth-order valence-electron chi connectivity index (χ4n) is 2.67. The van der Waals surface area contributed by atoms with Crippen molar-refractivity contribution in [2.24, 2.45) is 5.92 Å². The third-order valence-corrected chi connectivity index (χ3v) is 4.70. The molecule has 1 aromatic rings. The van der Waals surface area contributed by atoms with Crippen molar-refractivity contribution in [1.82, 2.24) is 10.2 Å². The topological polar surface area (TPSA) is 49.4 Å². The Hall–Kier alpha value is -1.36. The van der Waals surface area contributed by atoms with Gasteiger partial charge in [0.1, 0.15) is 0 Å². The molecule has 1 N–H and O–H groups in total. The van der Waals surface area contributed by atoms with Crippen molar-refractivity contribution < 1.29 is 9.59 Å². The number of rotatable bonds is 3. The van der Waals surface area contributed by atoms with Crippen LogP contribution in [0.15, 0.2) is 28.7 Å². The van der Waals surface area contributed by atoms with E-state index in [1.165, 1.54) is 0 Å². The molecule has 2 amide bonds. The lowest BCUT2D eigenvalue weighted by Gasteiger charge is -2.31. The Morgan fingerprint density at radius 3 is 2.24 bits per heavy atom. The number of nitrogens with zero attached hydrogens (tertiary/aromatic N) is 1. The Balaban J connectivity index is 1.53. The van der Waals surface area contributed by atoms with Crippen LogP contribution in [0.2, 0.25) is 0 Å². The van der Waals surface area contributed by atoms with E-state index >= 15 is 0 Å². The minimum absolute atomic E-state index is 0.0588. The summed E-state index contributed by atoms with van der Waals surface area (Å²) in [6.45, 7) is 1.33. The molecule has 0 bridgehead atoms. The van der Waals surface area contributed by atoms with Gasteiger partial charge < -0.3 is 10.2 Å². The Morgan fingerprint density at radius 1 is 1.05 bits per heavy atom. The summed E-state index contributed by atoms with van der Waals surface area (Å²) in [7, 11) is 0. The van der Waals surface area contributed by atoms with Gasteiger partial charge in [-0.2, -0.15) is 0 Å². The van der Waals surface area contributed by atoms with Gasteiger partial charge in [-0.15, -0.1) is 0 Å². The molecule has 21 heavy (non-hydrogen) atoms. The van der Waals surface area contributed by atoms with Crippen molar-refractivity contribution in [2.75, 3.05) is 13.1 Å². The van der Waals surface area contributed by atoms with E-state index in [0.29, 0.717) is 24.7 Å². The van der Waals surface area contributed by atoms with Crippen molar-refractivity contribution in [1.29, 1.82) is 0 Å². The number of amides is 2. The van der Waals surface area contributed by atoms with Crippen LogP contribution in [0, 0.1) is 5.92 Å². The fourth-order valence-corrected chi connectivity index (χ4v) is 2.93. The highest BCUT2D eigenvalue weighted by molar-refractivity contribution is 9.10. The lowest BCUT2D eigenvalue weighted by atomic mass is 9.95. The van der Waals surface area contributed by atoms with Crippen LogP contribution in [0.4, 0.5) is 0 Å². The molecule has 0 atom stereocenters. The molecular weight excluding hydrogens is 332 g/mol. The number of hydrogen-bond donors (Lipinski definition) is 1. The van der Waals surface area contributed by atoms with Crippen LogP contribution in [-0.2, 0) is 4.79 Å². The Labute approximate surface area is 133 Å². The number of carbonyl (C=O) groups is 2. The normalized spacial score (nSPS) is 19.4. The van der Waals surface area contributed by atoms with E-state index in [0.717, 1.165) is 30.2 Å². The zero-order valence-corrected chi connectivity index (χ0v) is 13.4. The van der Waals surface area contributed by atoms with Gasteiger partial charge in [-0.1, -0.05) is 15.9 Å². The molecule has 0 radical (unpaired) electrons. The van der Waals surface area contributed by atoms with Crippen LogP contribution in [0.3, 0.4) is 0 Å². The number of piperidine rings is 1. The van der Waals surface area contributed by atoms with Crippen molar-refractivity contribution in [3.05, 3.63) is 34.3 Å². The average molecular weight is 351 g/mol. The zero-order chi connectivity index (χ0) is 14.8. The lowest BCUT2D eigenvalue weighted by molar-refractivity contribution is -0.126. The second kappa shape index (κ2) is 6.18. The molecule has 1 heterocycles. The van der Waals surface area contributed by atoms with E-state index in [4.69, 9.17) is 0 Å². The summed E-state index contributed by atoms with van der Waals surface area (Å²) in [5.74, 6) is 0.302. The van der Waals surface area contributed by atoms with E-state index in [1.807, 2.05) is 29.2 Å². The molecule has 1 aliphatic carbocycles. The van der Waals surface area contributed by atoms with E-state index in [-0.39, 0.29) is 17.7 Å². The summed E-state index contributed by atoms with van der Waals surface area (Å²) in [4.78, 5) is 26.2. The minimum Gasteiger partial charge on any atom is -0.353 e. The highest BCUT2D eigenvalue weighted by atomic mass is 79.9. The third kappa shape index (κ3) is 3.64. The van der Waals surface area contributed by atoms with Gasteiger partial charge in [0.05, 0.1) is 0 Å². The van der Waals surface area contributed by atoms with Crippen molar-refractivity contribution >= 4 is 27.7 Å². The van der Waals surface area contributed by atoms with Crippen molar-refractivity contribution in [3.63, 3.8) is 0 Å². The van der Waals surface area contributed by atoms with Crippen LogP contribution < -0.4 is 5.32 Å². The minimum atomic E-state index is 0.0588. The molecule has 1 saturated heterocycles. The van der Waals surface area contributed by atoms with Crippen LogP contribution in [0.1, 0.15) is 36.0 Å². The van der Waals surface area contributed by atoms with Crippen LogP contribution in [0.5, 0.6) is 0 Å². The molecule has 2 fully saturated rings. The number of halogens is 1. The Kier molecular flexibility index (Phi) is 4.29. The van der Waals surface area contributed by atoms with Gasteiger partial charge in [-0.25, -0.2) is 0 Å². The van der Waals surface area contributed by atoms with Crippen LogP contribution in [0.25, 0.3) is 0 Å². The molecule has 0 unspecified atom stereocenters. The molecule has 0 aromatic heterocycles. The van der Waals surface area contributed by atoms with Gasteiger partial charge in [0.2, 0.25) is 5.91 Å². The first-order valence-electron chi connectivity index (χ1n) is 7.49. The molecule has 1 saturated carbocycles. The molecule has 1 aromatic carbocycles. The van der Waals surface area contributed by atoms with E-state index < -0.39 is 0 Å².